The van der Waals surface area contributed by atoms with Crippen molar-refractivity contribution in [3.63, 3.8) is 0 Å². The number of H-pyrrole nitrogens is 1. The molecule has 2 aromatic rings. The SMILES string of the molecule is CSCC(CCO)Nc1nc2c(cnn2C(C)(C)C)c(=O)[nH]1. The van der Waals surface area contributed by atoms with Gasteiger partial charge in [0.15, 0.2) is 5.65 Å². The lowest BCUT2D eigenvalue weighted by molar-refractivity contribution is 0.282. The van der Waals surface area contributed by atoms with Gasteiger partial charge in [0.25, 0.3) is 5.56 Å². The Morgan fingerprint density at radius 2 is 2.23 bits per heavy atom. The van der Waals surface area contributed by atoms with E-state index in [2.05, 4.69) is 20.4 Å². The van der Waals surface area contributed by atoms with Crippen molar-refractivity contribution < 1.29 is 5.11 Å². The normalized spacial score (nSPS) is 13.5. The molecule has 0 saturated heterocycles. The molecule has 3 N–H and O–H groups in total. The fourth-order valence-corrected chi connectivity index (χ4v) is 2.88. The van der Waals surface area contributed by atoms with E-state index in [4.69, 9.17) is 5.11 Å². The van der Waals surface area contributed by atoms with Gasteiger partial charge in [-0.2, -0.15) is 21.8 Å². The van der Waals surface area contributed by atoms with E-state index in [1.807, 2.05) is 27.0 Å². The summed E-state index contributed by atoms with van der Waals surface area (Å²) in [6, 6.07) is 0.0478. The van der Waals surface area contributed by atoms with Crippen molar-refractivity contribution in [3.05, 3.63) is 16.6 Å². The lowest BCUT2D eigenvalue weighted by Crippen LogP contribution is -2.27. The summed E-state index contributed by atoms with van der Waals surface area (Å²) in [6.45, 7) is 6.12. The number of aliphatic hydroxyl groups is 1. The second-order valence-electron chi connectivity index (χ2n) is 6.19. The van der Waals surface area contributed by atoms with Crippen LogP contribution in [0.1, 0.15) is 27.2 Å². The first-order chi connectivity index (χ1) is 10.4. The van der Waals surface area contributed by atoms with Crippen LogP contribution in [0.2, 0.25) is 0 Å². The zero-order chi connectivity index (χ0) is 16.3. The van der Waals surface area contributed by atoms with Gasteiger partial charge in [-0.25, -0.2) is 4.68 Å². The summed E-state index contributed by atoms with van der Waals surface area (Å²) in [5.74, 6) is 1.23. The predicted octanol–water partition coefficient (Wildman–Crippen LogP) is 1.40. The summed E-state index contributed by atoms with van der Waals surface area (Å²) in [4.78, 5) is 19.4. The van der Waals surface area contributed by atoms with Crippen LogP contribution in [0.25, 0.3) is 11.0 Å². The van der Waals surface area contributed by atoms with Gasteiger partial charge in [0.1, 0.15) is 5.39 Å². The van der Waals surface area contributed by atoms with Crippen LogP contribution in [0.15, 0.2) is 11.0 Å². The minimum atomic E-state index is -0.260. The average molecular weight is 325 g/mol. The molecule has 8 heteroatoms. The van der Waals surface area contributed by atoms with E-state index in [0.29, 0.717) is 23.4 Å². The fourth-order valence-electron chi connectivity index (χ4n) is 2.23. The summed E-state index contributed by atoms with van der Waals surface area (Å²) < 4.78 is 1.75. The van der Waals surface area contributed by atoms with Gasteiger partial charge in [0, 0.05) is 18.4 Å². The lowest BCUT2D eigenvalue weighted by atomic mass is 10.1. The Kier molecular flexibility index (Phi) is 5.12. The first-order valence-electron chi connectivity index (χ1n) is 7.21. The second kappa shape index (κ2) is 6.70. The van der Waals surface area contributed by atoms with Crippen molar-refractivity contribution in [2.45, 2.75) is 38.8 Å². The highest BCUT2D eigenvalue weighted by Gasteiger charge is 2.20. The van der Waals surface area contributed by atoms with E-state index in [1.165, 1.54) is 0 Å². The van der Waals surface area contributed by atoms with Crippen LogP contribution in [-0.4, -0.2) is 49.5 Å². The molecule has 2 rings (SSSR count). The number of nitrogens with one attached hydrogen (secondary N) is 2. The van der Waals surface area contributed by atoms with Crippen molar-refractivity contribution in [2.75, 3.05) is 23.9 Å². The van der Waals surface area contributed by atoms with Gasteiger partial charge in [0.05, 0.1) is 11.7 Å². The molecule has 0 aliphatic heterocycles. The van der Waals surface area contributed by atoms with E-state index in [9.17, 15) is 4.79 Å². The van der Waals surface area contributed by atoms with Crippen molar-refractivity contribution in [1.29, 1.82) is 0 Å². The average Bonchev–Trinajstić information content (AvgIpc) is 2.83. The maximum Gasteiger partial charge on any atom is 0.263 e. The monoisotopic (exact) mass is 325 g/mol. The van der Waals surface area contributed by atoms with Gasteiger partial charge in [-0.1, -0.05) is 0 Å². The van der Waals surface area contributed by atoms with Crippen LogP contribution in [0.3, 0.4) is 0 Å². The van der Waals surface area contributed by atoms with Crippen LogP contribution >= 0.6 is 11.8 Å². The number of thioether (sulfide) groups is 1. The number of rotatable bonds is 6. The van der Waals surface area contributed by atoms with Gasteiger partial charge in [0.2, 0.25) is 5.95 Å². The number of aliphatic hydroxyl groups excluding tert-OH is 1. The van der Waals surface area contributed by atoms with Crippen LogP contribution in [-0.2, 0) is 5.54 Å². The molecule has 0 saturated carbocycles. The van der Waals surface area contributed by atoms with Crippen molar-refractivity contribution >= 4 is 28.7 Å². The Morgan fingerprint density at radius 1 is 1.50 bits per heavy atom. The molecule has 7 nitrogen and oxygen atoms in total. The molecule has 0 aliphatic carbocycles. The van der Waals surface area contributed by atoms with Gasteiger partial charge in [-0.3, -0.25) is 9.78 Å². The highest BCUT2D eigenvalue weighted by atomic mass is 32.2. The quantitative estimate of drug-likeness (QED) is 0.743. The second-order valence-corrected chi connectivity index (χ2v) is 7.10. The number of anilines is 1. The lowest BCUT2D eigenvalue weighted by Gasteiger charge is -2.20. The van der Waals surface area contributed by atoms with E-state index in [-0.39, 0.29) is 23.7 Å². The van der Waals surface area contributed by atoms with E-state index < -0.39 is 0 Å². The molecule has 1 unspecified atom stereocenters. The third kappa shape index (κ3) is 3.61. The third-order valence-electron chi connectivity index (χ3n) is 3.26. The van der Waals surface area contributed by atoms with E-state index in [1.54, 1.807) is 22.6 Å². The molecule has 0 spiro atoms. The number of hydrogen-bond donors (Lipinski definition) is 3. The van der Waals surface area contributed by atoms with Crippen LogP contribution in [0.4, 0.5) is 5.95 Å². The van der Waals surface area contributed by atoms with Gasteiger partial charge < -0.3 is 10.4 Å². The molecule has 0 bridgehead atoms. The molecule has 22 heavy (non-hydrogen) atoms. The molecule has 0 aliphatic rings. The molecule has 0 fully saturated rings. The van der Waals surface area contributed by atoms with E-state index >= 15 is 0 Å². The Morgan fingerprint density at radius 3 is 2.82 bits per heavy atom. The number of fused-ring (bicyclic) bond motifs is 1. The van der Waals surface area contributed by atoms with Crippen LogP contribution < -0.4 is 10.9 Å². The van der Waals surface area contributed by atoms with Crippen molar-refractivity contribution in [1.82, 2.24) is 19.7 Å². The number of aromatic nitrogens is 4. The maximum atomic E-state index is 12.2. The highest BCUT2D eigenvalue weighted by Crippen LogP contribution is 2.19. The Bertz CT molecular complexity index is 683. The Hall–Kier alpha value is -1.54. The predicted molar refractivity (Wildman–Crippen MR) is 90.6 cm³/mol. The standard InChI is InChI=1S/C14H23N5O2S/c1-14(2,3)19-11-10(7-15-19)12(21)18-13(17-11)16-9(5-6-20)8-22-4/h7,9,20H,5-6,8H2,1-4H3,(H2,16,17,18,21). The summed E-state index contributed by atoms with van der Waals surface area (Å²) in [7, 11) is 0. The first-order valence-corrected chi connectivity index (χ1v) is 8.61. The van der Waals surface area contributed by atoms with Crippen molar-refractivity contribution in [3.8, 4) is 0 Å². The maximum absolute atomic E-state index is 12.2. The molecular formula is C14H23N5O2S. The van der Waals surface area contributed by atoms with Crippen molar-refractivity contribution in [2.24, 2.45) is 0 Å². The molecule has 0 aromatic carbocycles. The molecular weight excluding hydrogens is 302 g/mol. The highest BCUT2D eigenvalue weighted by molar-refractivity contribution is 7.98. The van der Waals surface area contributed by atoms with Crippen LogP contribution in [0, 0.1) is 0 Å². The summed E-state index contributed by atoms with van der Waals surface area (Å²) in [5, 5.41) is 17.1. The summed E-state index contributed by atoms with van der Waals surface area (Å²) >= 11 is 1.67. The third-order valence-corrected chi connectivity index (χ3v) is 4.00. The van der Waals surface area contributed by atoms with Gasteiger partial charge in [-0.05, 0) is 33.4 Å². The molecule has 0 radical (unpaired) electrons. The number of hydrogen-bond acceptors (Lipinski definition) is 6. The molecule has 122 valence electrons. The Labute approximate surface area is 133 Å². The molecule has 2 aromatic heterocycles. The van der Waals surface area contributed by atoms with Crippen LogP contribution in [0.5, 0.6) is 0 Å². The number of aromatic amines is 1. The molecule has 0 amide bonds. The summed E-state index contributed by atoms with van der Waals surface area (Å²) in [5.41, 5.74) is 0.0874. The first kappa shape index (κ1) is 16.8. The topological polar surface area (TPSA) is 95.8 Å². The number of nitrogens with zero attached hydrogens (tertiary/aromatic N) is 3. The molecule has 2 heterocycles. The zero-order valence-electron chi connectivity index (χ0n) is 13.4. The zero-order valence-corrected chi connectivity index (χ0v) is 14.2. The van der Waals surface area contributed by atoms with E-state index in [0.717, 1.165) is 5.75 Å². The molecule has 1 atom stereocenters. The Balaban J connectivity index is 2.41. The fraction of sp³-hybridized carbons (Fsp3) is 0.643. The minimum absolute atomic E-state index is 0.0478. The van der Waals surface area contributed by atoms with Gasteiger partial charge in [-0.15, -0.1) is 0 Å². The largest absolute Gasteiger partial charge is 0.396 e. The smallest absolute Gasteiger partial charge is 0.263 e. The minimum Gasteiger partial charge on any atom is -0.396 e. The summed E-state index contributed by atoms with van der Waals surface area (Å²) in [6.07, 6.45) is 4.14. The van der Waals surface area contributed by atoms with Gasteiger partial charge >= 0.3 is 0 Å².